The molecule has 0 aromatic heterocycles. The van der Waals surface area contributed by atoms with E-state index in [4.69, 9.17) is 14.2 Å². The summed E-state index contributed by atoms with van der Waals surface area (Å²) in [6.45, 7) is 5.27. The number of carbonyl (C=O) groups is 1. The van der Waals surface area contributed by atoms with Crippen molar-refractivity contribution in [3.8, 4) is 17.2 Å². The molecule has 0 aliphatic carbocycles. The molecule has 0 radical (unpaired) electrons. The molecule has 0 heterocycles. The Kier molecular flexibility index (Phi) is 7.93. The van der Waals surface area contributed by atoms with E-state index in [1.165, 1.54) is 0 Å². The van der Waals surface area contributed by atoms with Gasteiger partial charge in [-0.05, 0) is 80.3 Å². The van der Waals surface area contributed by atoms with Crippen LogP contribution in [0.25, 0.3) is 0 Å². The standard InChI is InChI=1S/C26H29NO4/c1-19-10-15-25(29-3)23(18-19)27-26(28)21-11-13-22(14-12-21)30-16-6-7-17-31-24-9-5-4-8-20(24)2/h4-5,8-15,18H,6-7,16-17H2,1-3H3,(H,27,28). The minimum atomic E-state index is -0.191. The van der Waals surface area contributed by atoms with E-state index in [-0.39, 0.29) is 5.91 Å². The second-order valence-corrected chi connectivity index (χ2v) is 7.35. The van der Waals surface area contributed by atoms with Gasteiger partial charge in [0.05, 0.1) is 26.0 Å². The molecule has 3 rings (SSSR count). The van der Waals surface area contributed by atoms with Crippen LogP contribution >= 0.6 is 0 Å². The first-order valence-corrected chi connectivity index (χ1v) is 10.4. The predicted molar refractivity (Wildman–Crippen MR) is 124 cm³/mol. The van der Waals surface area contributed by atoms with E-state index in [2.05, 4.69) is 5.32 Å². The minimum Gasteiger partial charge on any atom is -0.495 e. The molecular weight excluding hydrogens is 390 g/mol. The van der Waals surface area contributed by atoms with Crippen LogP contribution in [-0.2, 0) is 0 Å². The number of anilines is 1. The highest BCUT2D eigenvalue weighted by Gasteiger charge is 2.10. The minimum absolute atomic E-state index is 0.191. The summed E-state index contributed by atoms with van der Waals surface area (Å²) in [5.41, 5.74) is 3.40. The highest BCUT2D eigenvalue weighted by molar-refractivity contribution is 6.05. The molecule has 0 fully saturated rings. The lowest BCUT2D eigenvalue weighted by Gasteiger charge is -2.12. The van der Waals surface area contributed by atoms with Crippen molar-refractivity contribution in [2.24, 2.45) is 0 Å². The number of rotatable bonds is 10. The van der Waals surface area contributed by atoms with Crippen molar-refractivity contribution in [1.82, 2.24) is 0 Å². The Morgan fingerprint density at radius 2 is 1.55 bits per heavy atom. The van der Waals surface area contributed by atoms with E-state index in [1.54, 1.807) is 19.2 Å². The largest absolute Gasteiger partial charge is 0.495 e. The number of aryl methyl sites for hydroxylation is 2. The van der Waals surface area contributed by atoms with Gasteiger partial charge in [0.2, 0.25) is 0 Å². The van der Waals surface area contributed by atoms with E-state index >= 15 is 0 Å². The molecule has 0 unspecified atom stereocenters. The van der Waals surface area contributed by atoms with Gasteiger partial charge in [0.1, 0.15) is 17.2 Å². The van der Waals surface area contributed by atoms with Gasteiger partial charge in [-0.25, -0.2) is 0 Å². The van der Waals surface area contributed by atoms with Crippen molar-refractivity contribution in [3.05, 3.63) is 83.4 Å². The van der Waals surface area contributed by atoms with Gasteiger partial charge in [-0.2, -0.15) is 0 Å². The molecule has 1 amide bonds. The van der Waals surface area contributed by atoms with Crippen molar-refractivity contribution in [2.45, 2.75) is 26.7 Å². The molecular formula is C26H29NO4. The monoisotopic (exact) mass is 419 g/mol. The Morgan fingerprint density at radius 3 is 2.26 bits per heavy atom. The molecule has 0 bridgehead atoms. The molecule has 0 saturated heterocycles. The summed E-state index contributed by atoms with van der Waals surface area (Å²) in [5, 5.41) is 2.90. The molecule has 162 valence electrons. The zero-order chi connectivity index (χ0) is 22.1. The quantitative estimate of drug-likeness (QED) is 0.422. The lowest BCUT2D eigenvalue weighted by atomic mass is 10.1. The zero-order valence-electron chi connectivity index (χ0n) is 18.3. The van der Waals surface area contributed by atoms with Crippen LogP contribution in [0.3, 0.4) is 0 Å². The normalized spacial score (nSPS) is 10.4. The molecule has 0 saturated carbocycles. The second kappa shape index (κ2) is 11.1. The zero-order valence-corrected chi connectivity index (χ0v) is 18.3. The van der Waals surface area contributed by atoms with Crippen LogP contribution in [0, 0.1) is 13.8 Å². The highest BCUT2D eigenvalue weighted by atomic mass is 16.5. The molecule has 31 heavy (non-hydrogen) atoms. The maximum Gasteiger partial charge on any atom is 0.255 e. The summed E-state index contributed by atoms with van der Waals surface area (Å²) in [5.74, 6) is 2.11. The molecule has 0 aliphatic heterocycles. The average Bonchev–Trinajstić information content (AvgIpc) is 2.78. The number of ether oxygens (including phenoxy) is 3. The van der Waals surface area contributed by atoms with Crippen molar-refractivity contribution in [3.63, 3.8) is 0 Å². The molecule has 1 N–H and O–H groups in total. The summed E-state index contributed by atoms with van der Waals surface area (Å²) in [4.78, 5) is 12.6. The Balaban J connectivity index is 1.42. The van der Waals surface area contributed by atoms with Gasteiger partial charge < -0.3 is 19.5 Å². The van der Waals surface area contributed by atoms with Gasteiger partial charge in [0, 0.05) is 5.56 Å². The summed E-state index contributed by atoms with van der Waals surface area (Å²) in [7, 11) is 1.58. The van der Waals surface area contributed by atoms with Crippen LogP contribution in [0.2, 0.25) is 0 Å². The Morgan fingerprint density at radius 1 is 0.839 bits per heavy atom. The fourth-order valence-electron chi connectivity index (χ4n) is 3.11. The molecule has 3 aromatic carbocycles. The smallest absolute Gasteiger partial charge is 0.255 e. The summed E-state index contributed by atoms with van der Waals surface area (Å²) < 4.78 is 16.9. The molecule has 0 aliphatic rings. The third-order valence-corrected chi connectivity index (χ3v) is 4.88. The Bertz CT molecular complexity index is 999. The molecule has 5 nitrogen and oxygen atoms in total. The first-order chi connectivity index (χ1) is 15.1. The van der Waals surface area contributed by atoms with Crippen molar-refractivity contribution in [1.29, 1.82) is 0 Å². The summed E-state index contributed by atoms with van der Waals surface area (Å²) in [6.07, 6.45) is 1.80. The second-order valence-electron chi connectivity index (χ2n) is 7.35. The van der Waals surface area contributed by atoms with E-state index in [0.717, 1.165) is 35.5 Å². The highest BCUT2D eigenvalue weighted by Crippen LogP contribution is 2.26. The van der Waals surface area contributed by atoms with Gasteiger partial charge in [-0.3, -0.25) is 4.79 Å². The number of hydrogen-bond donors (Lipinski definition) is 1. The number of carbonyl (C=O) groups excluding carboxylic acids is 1. The number of methoxy groups -OCH3 is 1. The van der Waals surface area contributed by atoms with E-state index in [0.29, 0.717) is 30.2 Å². The van der Waals surface area contributed by atoms with Gasteiger partial charge >= 0.3 is 0 Å². The topological polar surface area (TPSA) is 56.8 Å². The fourth-order valence-corrected chi connectivity index (χ4v) is 3.11. The molecule has 5 heteroatoms. The predicted octanol–water partition coefficient (Wildman–Crippen LogP) is 5.80. The van der Waals surface area contributed by atoms with E-state index in [9.17, 15) is 4.79 Å². The maximum atomic E-state index is 12.6. The first-order valence-electron chi connectivity index (χ1n) is 10.4. The van der Waals surface area contributed by atoms with Crippen LogP contribution in [0.15, 0.2) is 66.7 Å². The van der Waals surface area contributed by atoms with E-state index < -0.39 is 0 Å². The third-order valence-electron chi connectivity index (χ3n) is 4.88. The van der Waals surface area contributed by atoms with E-state index in [1.807, 2.05) is 68.4 Å². The maximum absolute atomic E-state index is 12.6. The molecule has 0 atom stereocenters. The van der Waals surface area contributed by atoms with Gasteiger partial charge in [-0.1, -0.05) is 24.3 Å². The third kappa shape index (κ3) is 6.51. The van der Waals surface area contributed by atoms with Crippen LogP contribution in [0.1, 0.15) is 34.3 Å². The van der Waals surface area contributed by atoms with Crippen molar-refractivity contribution < 1.29 is 19.0 Å². The molecule has 3 aromatic rings. The summed E-state index contributed by atoms with van der Waals surface area (Å²) in [6, 6.07) is 20.8. The van der Waals surface area contributed by atoms with Crippen LogP contribution in [0.5, 0.6) is 17.2 Å². The number of benzene rings is 3. The van der Waals surface area contributed by atoms with Crippen molar-refractivity contribution in [2.75, 3.05) is 25.6 Å². The lowest BCUT2D eigenvalue weighted by molar-refractivity contribution is 0.102. The number of unbranched alkanes of at least 4 members (excludes halogenated alkanes) is 1. The average molecular weight is 420 g/mol. The van der Waals surface area contributed by atoms with Crippen LogP contribution in [-0.4, -0.2) is 26.2 Å². The fraction of sp³-hybridized carbons (Fsp3) is 0.269. The lowest BCUT2D eigenvalue weighted by Crippen LogP contribution is -2.12. The Hall–Kier alpha value is -3.47. The molecule has 0 spiro atoms. The van der Waals surface area contributed by atoms with Crippen LogP contribution < -0.4 is 19.5 Å². The first kappa shape index (κ1) is 22.2. The number of para-hydroxylation sites is 1. The Labute approximate surface area is 184 Å². The van der Waals surface area contributed by atoms with Gasteiger partial charge in [-0.15, -0.1) is 0 Å². The number of nitrogens with one attached hydrogen (secondary N) is 1. The number of hydrogen-bond acceptors (Lipinski definition) is 4. The van der Waals surface area contributed by atoms with Crippen molar-refractivity contribution >= 4 is 11.6 Å². The summed E-state index contributed by atoms with van der Waals surface area (Å²) >= 11 is 0. The van der Waals surface area contributed by atoms with Gasteiger partial charge in [0.25, 0.3) is 5.91 Å². The number of amides is 1. The SMILES string of the molecule is COc1ccc(C)cc1NC(=O)c1ccc(OCCCCOc2ccccc2C)cc1. The van der Waals surface area contributed by atoms with Gasteiger partial charge in [0.15, 0.2) is 0 Å². The van der Waals surface area contributed by atoms with Crippen LogP contribution in [0.4, 0.5) is 5.69 Å².